The van der Waals surface area contributed by atoms with Gasteiger partial charge in [-0.1, -0.05) is 0 Å². The second-order valence-electron chi connectivity index (χ2n) is 6.83. The minimum absolute atomic E-state index is 0.119. The lowest BCUT2D eigenvalue weighted by molar-refractivity contribution is -0.925. The van der Waals surface area contributed by atoms with Crippen molar-refractivity contribution in [2.24, 2.45) is 11.8 Å². The van der Waals surface area contributed by atoms with Gasteiger partial charge in [-0.15, -0.1) is 0 Å². The fraction of sp³-hybridized carbons (Fsp3) is 1.00. The molecular weight excluding hydrogens is 240 g/mol. The summed E-state index contributed by atoms with van der Waals surface area (Å²) in [5.74, 6) is 1.20. The second-order valence-corrected chi connectivity index (χ2v) is 6.83. The van der Waals surface area contributed by atoms with Crippen LogP contribution in [0, 0.1) is 17.0 Å². The third kappa shape index (κ3) is 2.56. The molecule has 0 aromatic heterocycles. The quantitative estimate of drug-likeness (QED) is 0.463. The lowest BCUT2D eigenvalue weighted by Crippen LogP contribution is -2.70. The van der Waals surface area contributed by atoms with Gasteiger partial charge in [-0.2, -0.15) is 0 Å². The summed E-state index contributed by atoms with van der Waals surface area (Å²) in [6, 6.07) is 0.903. The minimum atomic E-state index is 0.119. The molecule has 5 atom stereocenters. The zero-order chi connectivity index (χ0) is 13.3. The van der Waals surface area contributed by atoms with Crippen molar-refractivity contribution in [1.29, 1.82) is 0 Å². The van der Waals surface area contributed by atoms with Crippen molar-refractivity contribution in [2.75, 3.05) is 26.2 Å². The van der Waals surface area contributed by atoms with Crippen LogP contribution < -0.4 is 5.32 Å². The summed E-state index contributed by atoms with van der Waals surface area (Å²) in [5, 5.41) is 25.7. The van der Waals surface area contributed by atoms with Crippen LogP contribution in [0.25, 0.3) is 0 Å². The Morgan fingerprint density at radius 2 is 1.95 bits per heavy atom. The highest BCUT2D eigenvalue weighted by atomic mass is 16.5. The van der Waals surface area contributed by atoms with Crippen LogP contribution in [-0.2, 0) is 0 Å². The number of hydrogen-bond acceptors (Lipinski definition) is 3. The molecule has 4 heteroatoms. The van der Waals surface area contributed by atoms with E-state index in [1.54, 1.807) is 0 Å². The monoisotopic (exact) mass is 268 g/mol. The van der Waals surface area contributed by atoms with E-state index in [0.29, 0.717) is 30.5 Å². The summed E-state index contributed by atoms with van der Waals surface area (Å²) in [6.07, 6.45) is 7.83. The molecule has 4 nitrogen and oxygen atoms in total. The molecule has 3 heterocycles. The van der Waals surface area contributed by atoms with E-state index in [1.807, 2.05) is 0 Å². The number of piperidine rings is 3. The summed E-state index contributed by atoms with van der Waals surface area (Å²) < 4.78 is 0.119. The number of nitrogens with zero attached hydrogens (tertiary/aromatic N) is 1. The lowest BCUT2D eigenvalue weighted by Gasteiger charge is -2.62. The standard InChI is InChI=1S/C15H28N2O2/c18-10-2-1-7-14-13-6-4-9-17(19)8-3-5-12(11-16-14)15(13)17/h12-16,18H,1-11H2/t12-,13+,14+,15-,17?/m0/s1. The number of hydrogen-bond donors (Lipinski definition) is 2. The predicted molar refractivity (Wildman–Crippen MR) is 75.3 cm³/mol. The topological polar surface area (TPSA) is 55.3 Å². The maximum Gasteiger partial charge on any atom is 0.0971 e. The average molecular weight is 268 g/mol. The Balaban J connectivity index is 1.71. The van der Waals surface area contributed by atoms with Gasteiger partial charge in [-0.05, 0) is 44.9 Å². The first-order valence-electron chi connectivity index (χ1n) is 8.16. The Hall–Kier alpha value is -0.160. The van der Waals surface area contributed by atoms with Crippen molar-refractivity contribution in [3.8, 4) is 0 Å². The summed E-state index contributed by atoms with van der Waals surface area (Å²) in [7, 11) is 0. The molecule has 0 spiro atoms. The van der Waals surface area contributed by atoms with Crippen molar-refractivity contribution < 1.29 is 9.75 Å². The van der Waals surface area contributed by atoms with Gasteiger partial charge in [0, 0.05) is 31.0 Å². The first-order chi connectivity index (χ1) is 9.24. The molecule has 3 aliphatic heterocycles. The molecule has 0 aromatic rings. The summed E-state index contributed by atoms with van der Waals surface area (Å²) in [4.78, 5) is 0. The molecule has 3 fully saturated rings. The number of aliphatic hydroxyl groups is 1. The Morgan fingerprint density at radius 1 is 1.16 bits per heavy atom. The lowest BCUT2D eigenvalue weighted by atomic mass is 9.69. The molecule has 0 radical (unpaired) electrons. The van der Waals surface area contributed by atoms with Crippen LogP contribution in [0.2, 0.25) is 0 Å². The number of unbranched alkanes of at least 4 members (excludes halogenated alkanes) is 1. The number of nitrogens with one attached hydrogen (secondary N) is 1. The Kier molecular flexibility index (Phi) is 4.13. The zero-order valence-electron chi connectivity index (χ0n) is 11.9. The van der Waals surface area contributed by atoms with Crippen molar-refractivity contribution in [3.05, 3.63) is 5.21 Å². The third-order valence-corrected chi connectivity index (χ3v) is 5.73. The van der Waals surface area contributed by atoms with E-state index in [2.05, 4.69) is 5.32 Å². The van der Waals surface area contributed by atoms with Gasteiger partial charge in [0.25, 0.3) is 0 Å². The van der Waals surface area contributed by atoms with Crippen LogP contribution in [0.1, 0.15) is 44.9 Å². The van der Waals surface area contributed by atoms with E-state index in [1.165, 1.54) is 12.8 Å². The van der Waals surface area contributed by atoms with Crippen molar-refractivity contribution in [1.82, 2.24) is 5.32 Å². The maximum atomic E-state index is 13.1. The number of hydroxylamine groups is 3. The molecule has 3 saturated heterocycles. The van der Waals surface area contributed by atoms with E-state index >= 15 is 0 Å². The van der Waals surface area contributed by atoms with Gasteiger partial charge in [-0.25, -0.2) is 0 Å². The summed E-state index contributed by atoms with van der Waals surface area (Å²) >= 11 is 0. The molecular formula is C15H28N2O2. The Morgan fingerprint density at radius 3 is 2.74 bits per heavy atom. The fourth-order valence-electron chi connectivity index (χ4n) is 4.96. The molecule has 110 valence electrons. The third-order valence-electron chi connectivity index (χ3n) is 5.73. The zero-order valence-corrected chi connectivity index (χ0v) is 11.9. The van der Waals surface area contributed by atoms with Gasteiger partial charge < -0.3 is 20.3 Å². The Labute approximate surface area is 116 Å². The van der Waals surface area contributed by atoms with Gasteiger partial charge >= 0.3 is 0 Å². The predicted octanol–water partition coefficient (Wildman–Crippen LogP) is 1.62. The molecule has 0 saturated carbocycles. The largest absolute Gasteiger partial charge is 0.633 e. The van der Waals surface area contributed by atoms with Crippen molar-refractivity contribution >= 4 is 0 Å². The SMILES string of the molecule is [O-][N+]12CCC[C@H]3CN[C@H](CCCCO)[C@@H](CCC1)[C@H]32. The Bertz CT molecular complexity index is 307. The molecule has 2 N–H and O–H groups in total. The van der Waals surface area contributed by atoms with E-state index in [9.17, 15) is 5.21 Å². The molecule has 0 aliphatic carbocycles. The van der Waals surface area contributed by atoms with Crippen LogP contribution in [0.15, 0.2) is 0 Å². The van der Waals surface area contributed by atoms with Gasteiger partial charge in [0.2, 0.25) is 0 Å². The second kappa shape index (κ2) is 5.68. The summed E-state index contributed by atoms with van der Waals surface area (Å²) in [5.41, 5.74) is 0. The van der Waals surface area contributed by atoms with Crippen LogP contribution in [-0.4, -0.2) is 48.1 Å². The van der Waals surface area contributed by atoms with Crippen LogP contribution in [0.5, 0.6) is 0 Å². The van der Waals surface area contributed by atoms with Crippen LogP contribution in [0.4, 0.5) is 0 Å². The highest BCUT2D eigenvalue weighted by Gasteiger charge is 2.51. The maximum absolute atomic E-state index is 13.1. The van der Waals surface area contributed by atoms with Crippen molar-refractivity contribution in [2.45, 2.75) is 57.0 Å². The highest BCUT2D eigenvalue weighted by molar-refractivity contribution is 4.96. The van der Waals surface area contributed by atoms with Crippen molar-refractivity contribution in [3.63, 3.8) is 0 Å². The molecule has 0 amide bonds. The molecule has 19 heavy (non-hydrogen) atoms. The average Bonchev–Trinajstić information content (AvgIpc) is 2.41. The molecule has 0 bridgehead atoms. The normalized spacial score (nSPS) is 45.8. The first kappa shape index (κ1) is 13.8. The smallest absolute Gasteiger partial charge is 0.0971 e. The minimum Gasteiger partial charge on any atom is -0.633 e. The van der Waals surface area contributed by atoms with Crippen LogP contribution in [0.3, 0.4) is 0 Å². The van der Waals surface area contributed by atoms with E-state index in [4.69, 9.17) is 5.11 Å². The molecule has 3 aliphatic rings. The van der Waals surface area contributed by atoms with E-state index in [0.717, 1.165) is 51.7 Å². The number of quaternary nitrogens is 1. The fourth-order valence-corrected chi connectivity index (χ4v) is 4.96. The van der Waals surface area contributed by atoms with Gasteiger partial charge in [0.05, 0.1) is 19.1 Å². The molecule has 3 rings (SSSR count). The van der Waals surface area contributed by atoms with Gasteiger partial charge in [0.1, 0.15) is 0 Å². The molecule has 1 unspecified atom stereocenters. The first-order valence-corrected chi connectivity index (χ1v) is 8.16. The van der Waals surface area contributed by atoms with E-state index in [-0.39, 0.29) is 4.65 Å². The van der Waals surface area contributed by atoms with Gasteiger partial charge in [-0.3, -0.25) is 0 Å². The number of aliphatic hydroxyl groups excluding tert-OH is 1. The summed E-state index contributed by atoms with van der Waals surface area (Å²) in [6.45, 7) is 3.07. The number of rotatable bonds is 4. The van der Waals surface area contributed by atoms with Crippen LogP contribution >= 0.6 is 0 Å². The molecule has 0 aromatic carbocycles. The van der Waals surface area contributed by atoms with Gasteiger partial charge in [0.15, 0.2) is 0 Å². The van der Waals surface area contributed by atoms with E-state index < -0.39 is 0 Å². The highest BCUT2D eigenvalue weighted by Crippen LogP contribution is 2.44.